The fraction of sp³-hybridized carbons (Fsp3) is 0.448. The van der Waals surface area contributed by atoms with Crippen molar-refractivity contribution < 1.29 is 13.9 Å². The van der Waals surface area contributed by atoms with Gasteiger partial charge in [-0.05, 0) is 91.0 Å². The highest BCUT2D eigenvalue weighted by molar-refractivity contribution is 5.94. The Kier molecular flexibility index (Phi) is 5.62. The molecular formula is C29H33FN2O2. The fourth-order valence-electron chi connectivity index (χ4n) is 6.43. The van der Waals surface area contributed by atoms with Crippen molar-refractivity contribution in [2.24, 2.45) is 11.3 Å². The predicted molar refractivity (Wildman–Crippen MR) is 133 cm³/mol. The molecule has 2 aliphatic rings. The number of methoxy groups -OCH3 is 1. The van der Waals surface area contributed by atoms with Gasteiger partial charge in [0.05, 0.1) is 23.7 Å². The molecule has 5 heteroatoms. The van der Waals surface area contributed by atoms with Crippen LogP contribution in [0.1, 0.15) is 80.3 Å². The van der Waals surface area contributed by atoms with E-state index in [9.17, 15) is 9.18 Å². The quantitative estimate of drug-likeness (QED) is 0.397. The molecular weight excluding hydrogens is 427 g/mol. The van der Waals surface area contributed by atoms with Gasteiger partial charge >= 0.3 is 5.97 Å². The standard InChI is InChI=1S/C29H33FN2O2/c1-17-10-22(16-29(3,4)15-17)32-26-9-7-20(28(33)34-5)12-25(26)31-27(32)14-23-18(2)11-19-6-8-21(30)13-24(19)23/h6-9,12-13,17,22H,10-11,14-16H2,1-5H3/t17-,22+/m0/s1. The number of hydrogen-bond acceptors (Lipinski definition) is 3. The van der Waals surface area contributed by atoms with Gasteiger partial charge in [-0.25, -0.2) is 14.2 Å². The number of rotatable bonds is 4. The van der Waals surface area contributed by atoms with Crippen LogP contribution in [-0.2, 0) is 17.6 Å². The smallest absolute Gasteiger partial charge is 0.337 e. The SMILES string of the molecule is COC(=O)c1ccc2c(c1)nc(CC1=C(C)Cc3ccc(F)cc31)n2[C@@H]1C[C@H](C)CC(C)(C)C1. The van der Waals surface area contributed by atoms with E-state index in [-0.39, 0.29) is 17.2 Å². The van der Waals surface area contributed by atoms with E-state index >= 15 is 0 Å². The first-order chi connectivity index (χ1) is 16.1. The molecule has 2 aromatic carbocycles. The molecule has 0 N–H and O–H groups in total. The summed E-state index contributed by atoms with van der Waals surface area (Å²) in [6.07, 6.45) is 4.90. The Balaban J connectivity index is 1.63. The van der Waals surface area contributed by atoms with Gasteiger partial charge in [-0.1, -0.05) is 32.4 Å². The maximum absolute atomic E-state index is 14.1. The Labute approximate surface area is 200 Å². The molecule has 1 saturated carbocycles. The molecule has 1 aromatic heterocycles. The Morgan fingerprint density at radius 2 is 2.00 bits per heavy atom. The van der Waals surface area contributed by atoms with Crippen LogP contribution < -0.4 is 0 Å². The third kappa shape index (κ3) is 4.06. The molecule has 5 rings (SSSR count). The lowest BCUT2D eigenvalue weighted by atomic mass is 9.70. The molecule has 0 amide bonds. The van der Waals surface area contributed by atoms with Crippen LogP contribution in [0.5, 0.6) is 0 Å². The Hall–Kier alpha value is -2.95. The molecule has 1 heterocycles. The van der Waals surface area contributed by atoms with Gasteiger partial charge in [0.15, 0.2) is 0 Å². The summed E-state index contributed by atoms with van der Waals surface area (Å²) in [7, 11) is 1.40. The summed E-state index contributed by atoms with van der Waals surface area (Å²) in [6.45, 7) is 9.19. The zero-order valence-corrected chi connectivity index (χ0v) is 20.7. The van der Waals surface area contributed by atoms with Gasteiger partial charge in [0.1, 0.15) is 11.6 Å². The third-order valence-electron chi connectivity index (χ3n) is 7.62. The molecule has 34 heavy (non-hydrogen) atoms. The van der Waals surface area contributed by atoms with Gasteiger partial charge in [0.25, 0.3) is 0 Å². The normalized spacial score (nSPS) is 21.7. The monoisotopic (exact) mass is 460 g/mol. The van der Waals surface area contributed by atoms with Crippen molar-refractivity contribution in [3.05, 3.63) is 70.3 Å². The summed E-state index contributed by atoms with van der Waals surface area (Å²) < 4.78 is 21.5. The van der Waals surface area contributed by atoms with E-state index in [2.05, 4.69) is 32.3 Å². The molecule has 1 fully saturated rings. The molecule has 178 valence electrons. The number of ether oxygens (including phenoxy) is 1. The minimum Gasteiger partial charge on any atom is -0.465 e. The van der Waals surface area contributed by atoms with Crippen molar-refractivity contribution >= 4 is 22.6 Å². The van der Waals surface area contributed by atoms with E-state index in [1.807, 2.05) is 24.3 Å². The van der Waals surface area contributed by atoms with Gasteiger partial charge in [0.2, 0.25) is 0 Å². The summed E-state index contributed by atoms with van der Waals surface area (Å²) >= 11 is 0. The Morgan fingerprint density at radius 1 is 1.21 bits per heavy atom. The fourth-order valence-corrected chi connectivity index (χ4v) is 6.43. The molecule has 2 aliphatic carbocycles. The van der Waals surface area contributed by atoms with E-state index in [0.29, 0.717) is 23.9 Å². The number of carbonyl (C=O) groups excluding carboxylic acids is 1. The Morgan fingerprint density at radius 3 is 2.74 bits per heavy atom. The second-order valence-corrected chi connectivity index (χ2v) is 11.1. The van der Waals surface area contributed by atoms with Gasteiger partial charge in [0, 0.05) is 12.5 Å². The number of hydrogen-bond donors (Lipinski definition) is 0. The number of esters is 1. The molecule has 4 nitrogen and oxygen atoms in total. The van der Waals surface area contributed by atoms with Crippen molar-refractivity contribution in [3.63, 3.8) is 0 Å². The zero-order valence-electron chi connectivity index (χ0n) is 20.7. The molecule has 0 radical (unpaired) electrons. The number of allylic oxidation sites excluding steroid dienone is 2. The average molecular weight is 461 g/mol. The van der Waals surface area contributed by atoms with E-state index in [1.165, 1.54) is 30.2 Å². The summed E-state index contributed by atoms with van der Waals surface area (Å²) in [6, 6.07) is 11.1. The molecule has 0 saturated heterocycles. The van der Waals surface area contributed by atoms with E-state index < -0.39 is 0 Å². The summed E-state index contributed by atoms with van der Waals surface area (Å²) in [5.74, 6) is 1.04. The van der Waals surface area contributed by atoms with Crippen molar-refractivity contribution in [1.29, 1.82) is 0 Å². The predicted octanol–water partition coefficient (Wildman–Crippen LogP) is 6.92. The van der Waals surface area contributed by atoms with Crippen LogP contribution >= 0.6 is 0 Å². The first-order valence-electron chi connectivity index (χ1n) is 12.2. The number of carbonyl (C=O) groups is 1. The molecule has 0 unspecified atom stereocenters. The third-order valence-corrected chi connectivity index (χ3v) is 7.62. The number of nitrogens with zero attached hydrogens (tertiary/aromatic N) is 2. The number of fused-ring (bicyclic) bond motifs is 2. The number of benzene rings is 2. The maximum atomic E-state index is 14.1. The Bertz CT molecular complexity index is 1320. The number of imidazole rings is 1. The molecule has 0 aliphatic heterocycles. The van der Waals surface area contributed by atoms with Crippen LogP contribution in [0.3, 0.4) is 0 Å². The van der Waals surface area contributed by atoms with Crippen molar-refractivity contribution in [1.82, 2.24) is 9.55 Å². The zero-order chi connectivity index (χ0) is 24.2. The van der Waals surface area contributed by atoms with Crippen LogP contribution in [0.4, 0.5) is 4.39 Å². The molecule has 2 atom stereocenters. The second kappa shape index (κ2) is 8.37. The van der Waals surface area contributed by atoms with E-state index in [4.69, 9.17) is 9.72 Å². The summed E-state index contributed by atoms with van der Waals surface area (Å²) in [5, 5.41) is 0. The molecule has 0 spiro atoms. The van der Waals surface area contributed by atoms with E-state index in [1.54, 1.807) is 12.1 Å². The van der Waals surface area contributed by atoms with Crippen LogP contribution in [0.15, 0.2) is 42.0 Å². The minimum absolute atomic E-state index is 0.204. The largest absolute Gasteiger partial charge is 0.465 e. The minimum atomic E-state index is -0.357. The lowest BCUT2D eigenvalue weighted by molar-refractivity contribution is 0.0601. The number of halogens is 1. The van der Waals surface area contributed by atoms with Gasteiger partial charge in [-0.15, -0.1) is 0 Å². The second-order valence-electron chi connectivity index (χ2n) is 11.1. The average Bonchev–Trinajstić information content (AvgIpc) is 3.28. The van der Waals surface area contributed by atoms with Crippen LogP contribution in [0.25, 0.3) is 16.6 Å². The van der Waals surface area contributed by atoms with Crippen molar-refractivity contribution in [2.45, 2.75) is 65.8 Å². The number of aromatic nitrogens is 2. The highest BCUT2D eigenvalue weighted by Crippen LogP contribution is 2.46. The van der Waals surface area contributed by atoms with Gasteiger partial charge < -0.3 is 9.30 Å². The first-order valence-corrected chi connectivity index (χ1v) is 12.2. The van der Waals surface area contributed by atoms with Crippen LogP contribution in [0.2, 0.25) is 0 Å². The maximum Gasteiger partial charge on any atom is 0.337 e. The van der Waals surface area contributed by atoms with Crippen molar-refractivity contribution in [3.8, 4) is 0 Å². The summed E-state index contributed by atoms with van der Waals surface area (Å²) in [5.41, 5.74) is 7.24. The van der Waals surface area contributed by atoms with Gasteiger partial charge in [-0.3, -0.25) is 0 Å². The molecule has 0 bridgehead atoms. The topological polar surface area (TPSA) is 44.1 Å². The highest BCUT2D eigenvalue weighted by atomic mass is 19.1. The van der Waals surface area contributed by atoms with Crippen LogP contribution in [-0.4, -0.2) is 22.6 Å². The van der Waals surface area contributed by atoms with Gasteiger partial charge in [-0.2, -0.15) is 0 Å². The lowest BCUT2D eigenvalue weighted by Gasteiger charge is -2.40. The summed E-state index contributed by atoms with van der Waals surface area (Å²) in [4.78, 5) is 17.2. The van der Waals surface area contributed by atoms with Crippen molar-refractivity contribution in [2.75, 3.05) is 7.11 Å². The first kappa shape index (κ1) is 22.8. The van der Waals surface area contributed by atoms with E-state index in [0.717, 1.165) is 41.7 Å². The highest BCUT2D eigenvalue weighted by Gasteiger charge is 2.35. The lowest BCUT2D eigenvalue weighted by Crippen LogP contribution is -2.30. The molecule has 3 aromatic rings. The van der Waals surface area contributed by atoms with Crippen LogP contribution in [0, 0.1) is 17.2 Å².